The summed E-state index contributed by atoms with van der Waals surface area (Å²) < 4.78 is 4.95. The van der Waals surface area contributed by atoms with Gasteiger partial charge in [-0.05, 0) is 30.3 Å². The van der Waals surface area contributed by atoms with Gasteiger partial charge in [-0.3, -0.25) is 14.4 Å². The van der Waals surface area contributed by atoms with Crippen LogP contribution in [0.5, 0.6) is 0 Å². The van der Waals surface area contributed by atoms with Crippen LogP contribution in [0.25, 0.3) is 0 Å². The van der Waals surface area contributed by atoms with Gasteiger partial charge in [0.1, 0.15) is 0 Å². The molecule has 0 atom stereocenters. The maximum atomic E-state index is 12.0. The zero-order chi connectivity index (χ0) is 18.9. The van der Waals surface area contributed by atoms with Crippen LogP contribution < -0.4 is 10.6 Å². The van der Waals surface area contributed by atoms with Gasteiger partial charge in [-0.2, -0.15) is 0 Å². The molecule has 0 unspecified atom stereocenters. The summed E-state index contributed by atoms with van der Waals surface area (Å²) in [5, 5.41) is 5.26. The third-order valence-corrected chi connectivity index (χ3v) is 3.49. The van der Waals surface area contributed by atoms with Crippen molar-refractivity contribution in [2.75, 3.05) is 25.5 Å². The molecule has 2 aromatic rings. The molecule has 0 fully saturated rings. The molecule has 1 heterocycles. The van der Waals surface area contributed by atoms with Gasteiger partial charge in [0.2, 0.25) is 11.8 Å². The van der Waals surface area contributed by atoms with E-state index in [0.29, 0.717) is 11.3 Å². The first kappa shape index (κ1) is 18.8. The molecule has 7 heteroatoms. The van der Waals surface area contributed by atoms with Crippen LogP contribution in [0.15, 0.2) is 47.1 Å². The molecule has 7 nitrogen and oxygen atoms in total. The number of anilines is 1. The number of furan rings is 1. The summed E-state index contributed by atoms with van der Waals surface area (Å²) in [5.41, 5.74) is 1.22. The number of hydrogen-bond acceptors (Lipinski definition) is 4. The Morgan fingerprint density at radius 2 is 2.04 bits per heavy atom. The molecule has 0 spiro atoms. The largest absolute Gasteiger partial charge is 0.459 e. The molecule has 2 N–H and O–H groups in total. The highest BCUT2D eigenvalue weighted by atomic mass is 16.3. The van der Waals surface area contributed by atoms with Crippen molar-refractivity contribution in [3.05, 3.63) is 54.0 Å². The molecule has 0 saturated carbocycles. The van der Waals surface area contributed by atoms with Crippen LogP contribution in [0.2, 0.25) is 0 Å². The van der Waals surface area contributed by atoms with Gasteiger partial charge in [0.15, 0.2) is 5.76 Å². The van der Waals surface area contributed by atoms with Crippen LogP contribution in [0.3, 0.4) is 0 Å². The smallest absolute Gasteiger partial charge is 0.286 e. The molecule has 0 bridgehead atoms. The molecule has 134 valence electrons. The quantitative estimate of drug-likeness (QED) is 0.738. The lowest BCUT2D eigenvalue weighted by Crippen LogP contribution is -2.37. The molecular weight excluding hydrogens is 334 g/mol. The number of amides is 3. The third kappa shape index (κ3) is 5.53. The number of carbonyl (C=O) groups excluding carboxylic acids is 3. The topological polar surface area (TPSA) is 91.7 Å². The predicted molar refractivity (Wildman–Crippen MR) is 96.3 cm³/mol. The monoisotopic (exact) mass is 353 g/mol. The number of nitrogens with one attached hydrogen (secondary N) is 2. The Labute approximate surface area is 151 Å². The molecule has 3 amide bonds. The van der Waals surface area contributed by atoms with E-state index in [2.05, 4.69) is 16.6 Å². The van der Waals surface area contributed by atoms with E-state index in [1.807, 2.05) is 0 Å². The summed E-state index contributed by atoms with van der Waals surface area (Å²) in [6.07, 6.45) is 6.78. The molecule has 0 aliphatic carbocycles. The lowest BCUT2D eigenvalue weighted by molar-refractivity contribution is -0.133. The van der Waals surface area contributed by atoms with Gasteiger partial charge in [0.05, 0.1) is 12.8 Å². The maximum Gasteiger partial charge on any atom is 0.286 e. The first-order valence-electron chi connectivity index (χ1n) is 7.92. The Morgan fingerprint density at radius 3 is 2.73 bits per heavy atom. The summed E-state index contributed by atoms with van der Waals surface area (Å²) in [6, 6.07) is 10.0. The molecule has 1 aromatic carbocycles. The fourth-order valence-corrected chi connectivity index (χ4v) is 2.16. The second kappa shape index (κ2) is 9.08. The Hall–Kier alpha value is -3.53. The lowest BCUT2D eigenvalue weighted by atomic mass is 10.2. The average Bonchev–Trinajstić information content (AvgIpc) is 3.16. The van der Waals surface area contributed by atoms with Crippen molar-refractivity contribution in [3.63, 3.8) is 0 Å². The van der Waals surface area contributed by atoms with Crippen LogP contribution in [-0.2, 0) is 9.59 Å². The van der Waals surface area contributed by atoms with Gasteiger partial charge in [0.25, 0.3) is 5.91 Å². The van der Waals surface area contributed by atoms with Crippen LogP contribution in [0, 0.1) is 12.3 Å². The van der Waals surface area contributed by atoms with E-state index >= 15 is 0 Å². The van der Waals surface area contributed by atoms with Gasteiger partial charge >= 0.3 is 0 Å². The molecule has 26 heavy (non-hydrogen) atoms. The molecule has 0 saturated heterocycles. The van der Waals surface area contributed by atoms with Gasteiger partial charge in [0, 0.05) is 31.3 Å². The fraction of sp³-hybridized carbons (Fsp3) is 0.211. The molecular formula is C19H19N3O4. The average molecular weight is 353 g/mol. The van der Waals surface area contributed by atoms with E-state index in [1.54, 1.807) is 30.3 Å². The Bertz CT molecular complexity index is 822. The number of hydrogen-bond donors (Lipinski definition) is 2. The number of terminal acetylenes is 1. The van der Waals surface area contributed by atoms with Crippen LogP contribution in [0.4, 0.5) is 5.69 Å². The number of carbonyl (C=O) groups is 3. The van der Waals surface area contributed by atoms with Crippen LogP contribution >= 0.6 is 0 Å². The molecule has 0 aliphatic rings. The first-order chi connectivity index (χ1) is 12.5. The first-order valence-corrected chi connectivity index (χ1v) is 7.92. The number of benzene rings is 1. The minimum Gasteiger partial charge on any atom is -0.459 e. The van der Waals surface area contributed by atoms with Gasteiger partial charge < -0.3 is 20.0 Å². The van der Waals surface area contributed by atoms with Crippen molar-refractivity contribution in [1.29, 1.82) is 0 Å². The fourth-order valence-electron chi connectivity index (χ4n) is 2.16. The van der Waals surface area contributed by atoms with Crippen molar-refractivity contribution in [3.8, 4) is 12.3 Å². The second-order valence-corrected chi connectivity index (χ2v) is 5.51. The van der Waals surface area contributed by atoms with Gasteiger partial charge in [-0.1, -0.05) is 12.0 Å². The summed E-state index contributed by atoms with van der Waals surface area (Å²) in [6.45, 7) is 0.0415. The van der Waals surface area contributed by atoms with Crippen molar-refractivity contribution < 1.29 is 18.8 Å². The summed E-state index contributed by atoms with van der Waals surface area (Å²) in [5.74, 6) is 1.67. The highest BCUT2D eigenvalue weighted by Crippen LogP contribution is 2.09. The Morgan fingerprint density at radius 1 is 1.23 bits per heavy atom. The Balaban J connectivity index is 1.74. The second-order valence-electron chi connectivity index (χ2n) is 5.51. The SMILES string of the molecule is C#Cc1cccc(NC(=O)CN(C)C(=O)CCNC(=O)c2ccco2)c1. The van der Waals surface area contributed by atoms with E-state index in [1.165, 1.54) is 24.3 Å². The Kier molecular flexibility index (Phi) is 6.57. The van der Waals surface area contributed by atoms with E-state index in [0.717, 1.165) is 0 Å². The van der Waals surface area contributed by atoms with E-state index in [9.17, 15) is 14.4 Å². The van der Waals surface area contributed by atoms with E-state index in [-0.39, 0.29) is 37.1 Å². The molecule has 1 aromatic heterocycles. The lowest BCUT2D eigenvalue weighted by Gasteiger charge is -2.17. The predicted octanol–water partition coefficient (Wildman–Crippen LogP) is 1.48. The van der Waals surface area contributed by atoms with Crippen LogP contribution in [0.1, 0.15) is 22.5 Å². The molecule has 2 rings (SSSR count). The summed E-state index contributed by atoms with van der Waals surface area (Å²) >= 11 is 0. The maximum absolute atomic E-state index is 12.0. The number of likely N-dealkylation sites (N-methyl/N-ethyl adjacent to an activating group) is 1. The van der Waals surface area contributed by atoms with Crippen LogP contribution in [-0.4, -0.2) is 42.8 Å². The van der Waals surface area contributed by atoms with Crippen molar-refractivity contribution in [2.45, 2.75) is 6.42 Å². The molecule has 0 radical (unpaired) electrons. The van der Waals surface area contributed by atoms with E-state index < -0.39 is 5.91 Å². The number of nitrogens with zero attached hydrogens (tertiary/aromatic N) is 1. The van der Waals surface area contributed by atoms with Crippen molar-refractivity contribution in [1.82, 2.24) is 10.2 Å². The third-order valence-electron chi connectivity index (χ3n) is 3.49. The normalized spacial score (nSPS) is 9.85. The summed E-state index contributed by atoms with van der Waals surface area (Å²) in [7, 11) is 1.52. The minimum absolute atomic E-state index is 0.0722. The number of rotatable bonds is 7. The van der Waals surface area contributed by atoms with Gasteiger partial charge in [-0.15, -0.1) is 6.42 Å². The van der Waals surface area contributed by atoms with E-state index in [4.69, 9.17) is 10.8 Å². The minimum atomic E-state index is -0.392. The molecule has 0 aliphatic heterocycles. The zero-order valence-corrected chi connectivity index (χ0v) is 14.3. The summed E-state index contributed by atoms with van der Waals surface area (Å²) in [4.78, 5) is 37.0. The van der Waals surface area contributed by atoms with Gasteiger partial charge in [-0.25, -0.2) is 0 Å². The highest BCUT2D eigenvalue weighted by molar-refractivity contribution is 5.95. The van der Waals surface area contributed by atoms with Crippen molar-refractivity contribution in [2.24, 2.45) is 0 Å². The zero-order valence-electron chi connectivity index (χ0n) is 14.3. The van der Waals surface area contributed by atoms with Crippen molar-refractivity contribution >= 4 is 23.4 Å². The standard InChI is InChI=1S/C19H19N3O4/c1-3-14-6-4-7-15(12-14)21-17(23)13-22(2)18(24)9-10-20-19(25)16-8-5-11-26-16/h1,4-8,11-12H,9-10,13H2,2H3,(H,20,25)(H,21,23). The highest BCUT2D eigenvalue weighted by Gasteiger charge is 2.14.